The van der Waals surface area contributed by atoms with Crippen molar-refractivity contribution in [1.29, 1.82) is 0 Å². The molecule has 29 heavy (non-hydrogen) atoms. The molecule has 6 heteroatoms. The van der Waals surface area contributed by atoms with Crippen LogP contribution < -0.4 is 11.1 Å². The highest BCUT2D eigenvalue weighted by Gasteiger charge is 2.16. The van der Waals surface area contributed by atoms with E-state index >= 15 is 0 Å². The van der Waals surface area contributed by atoms with Crippen LogP contribution >= 0.6 is 11.8 Å². The van der Waals surface area contributed by atoms with E-state index in [2.05, 4.69) is 65.5 Å². The Morgan fingerprint density at radius 1 is 1.17 bits per heavy atom. The molecule has 0 aliphatic heterocycles. The monoisotopic (exact) mass is 409 g/mol. The number of amides is 1. The lowest BCUT2D eigenvalue weighted by atomic mass is 10.1. The molecule has 0 aliphatic carbocycles. The summed E-state index contributed by atoms with van der Waals surface area (Å²) in [5.41, 5.74) is 11.2. The molecule has 152 valence electrons. The molecule has 1 unspecified atom stereocenters. The van der Waals surface area contributed by atoms with Crippen molar-refractivity contribution in [2.45, 2.75) is 24.3 Å². The molecule has 0 bridgehead atoms. The first kappa shape index (κ1) is 21.2. The Balaban J connectivity index is 1.92. The largest absolute Gasteiger partial charge is 0.394 e. The van der Waals surface area contributed by atoms with Crippen molar-refractivity contribution in [3.63, 3.8) is 0 Å². The molecule has 5 nitrogen and oxygen atoms in total. The first-order valence-electron chi connectivity index (χ1n) is 9.60. The van der Waals surface area contributed by atoms with Crippen LogP contribution in [0.3, 0.4) is 0 Å². The zero-order valence-corrected chi connectivity index (χ0v) is 17.6. The number of nitrogens with zero attached hydrogens (tertiary/aromatic N) is 1. The molecule has 0 saturated heterocycles. The van der Waals surface area contributed by atoms with Gasteiger partial charge in [0.25, 0.3) is 0 Å². The fourth-order valence-electron chi connectivity index (χ4n) is 3.33. The van der Waals surface area contributed by atoms with Gasteiger partial charge in [-0.3, -0.25) is 4.79 Å². The Bertz CT molecular complexity index is 952. The molecule has 0 aliphatic rings. The topological polar surface area (TPSA) is 80.3 Å². The summed E-state index contributed by atoms with van der Waals surface area (Å²) in [4.78, 5) is 13.0. The number of hydrogen-bond donors (Lipinski definition) is 3. The van der Waals surface area contributed by atoms with Gasteiger partial charge < -0.3 is 20.7 Å². The molecule has 0 saturated carbocycles. The summed E-state index contributed by atoms with van der Waals surface area (Å²) >= 11 is 1.72. The molecule has 3 rings (SSSR count). The summed E-state index contributed by atoms with van der Waals surface area (Å²) in [6, 6.07) is 20.1. The number of aromatic nitrogens is 1. The van der Waals surface area contributed by atoms with Crippen LogP contribution in [0.2, 0.25) is 0 Å². The summed E-state index contributed by atoms with van der Waals surface area (Å²) in [7, 11) is 0. The summed E-state index contributed by atoms with van der Waals surface area (Å²) in [6.45, 7) is 2.21. The van der Waals surface area contributed by atoms with E-state index in [0.29, 0.717) is 13.0 Å². The van der Waals surface area contributed by atoms with Crippen LogP contribution in [0.25, 0.3) is 16.9 Å². The second-order valence-electron chi connectivity index (χ2n) is 6.87. The van der Waals surface area contributed by atoms with Gasteiger partial charge in [0.2, 0.25) is 5.91 Å². The lowest BCUT2D eigenvalue weighted by Crippen LogP contribution is -2.43. The predicted molar refractivity (Wildman–Crippen MR) is 119 cm³/mol. The van der Waals surface area contributed by atoms with Gasteiger partial charge in [-0.05, 0) is 61.1 Å². The van der Waals surface area contributed by atoms with Crippen molar-refractivity contribution < 1.29 is 9.90 Å². The molecule has 1 heterocycles. The van der Waals surface area contributed by atoms with Crippen LogP contribution in [0.1, 0.15) is 11.3 Å². The van der Waals surface area contributed by atoms with E-state index in [0.717, 1.165) is 28.2 Å². The molecule has 0 radical (unpaired) electrons. The number of carbonyl (C=O) groups excluding carboxylic acids is 1. The lowest BCUT2D eigenvalue weighted by Gasteiger charge is -2.13. The summed E-state index contributed by atoms with van der Waals surface area (Å²) in [5, 5.41) is 11.8. The van der Waals surface area contributed by atoms with Crippen molar-refractivity contribution >= 4 is 17.7 Å². The van der Waals surface area contributed by atoms with Crippen molar-refractivity contribution in [2.75, 3.05) is 19.4 Å². The van der Waals surface area contributed by atoms with Crippen molar-refractivity contribution in [3.8, 4) is 16.9 Å². The lowest BCUT2D eigenvalue weighted by molar-refractivity contribution is -0.123. The average molecular weight is 410 g/mol. The molecular weight excluding hydrogens is 382 g/mol. The smallest absolute Gasteiger partial charge is 0.239 e. The molecule has 2 aromatic carbocycles. The highest BCUT2D eigenvalue weighted by Crippen LogP contribution is 2.30. The number of nitrogens with one attached hydrogen (secondary N) is 1. The molecular formula is C23H27N3O2S. The Kier molecular flexibility index (Phi) is 7.14. The molecule has 0 spiro atoms. The summed E-state index contributed by atoms with van der Waals surface area (Å²) in [6.07, 6.45) is 2.76. The number of carbonyl (C=O) groups is 1. The second-order valence-corrected chi connectivity index (χ2v) is 7.75. The number of nitrogens with two attached hydrogens (primary N) is 1. The number of para-hydroxylation sites is 1. The Morgan fingerprint density at radius 3 is 2.48 bits per heavy atom. The van der Waals surface area contributed by atoms with Gasteiger partial charge in [-0.1, -0.05) is 30.3 Å². The predicted octanol–water partition coefficient (Wildman–Crippen LogP) is 3.15. The van der Waals surface area contributed by atoms with Crippen LogP contribution in [0, 0.1) is 6.92 Å². The van der Waals surface area contributed by atoms with E-state index in [9.17, 15) is 4.79 Å². The second kappa shape index (κ2) is 9.78. The standard InChI is InChI=1S/C23H27N3O2S/c1-16-18(12-13-25-23(28)21(24)15-27)14-22(17-8-10-20(29-2)11-9-17)26(16)19-6-4-3-5-7-19/h3-11,14,21,27H,12-13,15,24H2,1-2H3,(H,25,28). The molecule has 4 N–H and O–H groups in total. The van der Waals surface area contributed by atoms with Gasteiger partial charge in [0.05, 0.1) is 12.3 Å². The van der Waals surface area contributed by atoms with Gasteiger partial charge in [0.15, 0.2) is 0 Å². The maximum Gasteiger partial charge on any atom is 0.239 e. The van der Waals surface area contributed by atoms with Crippen molar-refractivity contribution in [1.82, 2.24) is 9.88 Å². The highest BCUT2D eigenvalue weighted by atomic mass is 32.2. The summed E-state index contributed by atoms with van der Waals surface area (Å²) in [5.74, 6) is -0.333. The van der Waals surface area contributed by atoms with E-state index < -0.39 is 6.04 Å². The van der Waals surface area contributed by atoms with Gasteiger partial charge in [0.1, 0.15) is 6.04 Å². The van der Waals surface area contributed by atoms with Gasteiger partial charge in [-0.25, -0.2) is 0 Å². The number of thioether (sulfide) groups is 1. The number of aliphatic hydroxyl groups is 1. The zero-order chi connectivity index (χ0) is 20.8. The van der Waals surface area contributed by atoms with E-state index in [1.165, 1.54) is 4.90 Å². The minimum absolute atomic E-state index is 0.333. The fraction of sp³-hybridized carbons (Fsp3) is 0.261. The van der Waals surface area contributed by atoms with E-state index in [1.807, 2.05) is 18.2 Å². The minimum atomic E-state index is -0.879. The van der Waals surface area contributed by atoms with Gasteiger partial charge >= 0.3 is 0 Å². The van der Waals surface area contributed by atoms with E-state index in [4.69, 9.17) is 10.8 Å². The Morgan fingerprint density at radius 2 is 1.86 bits per heavy atom. The van der Waals surface area contributed by atoms with Gasteiger partial charge in [-0.15, -0.1) is 11.8 Å². The van der Waals surface area contributed by atoms with Crippen LogP contribution in [-0.2, 0) is 11.2 Å². The first-order chi connectivity index (χ1) is 14.0. The minimum Gasteiger partial charge on any atom is -0.394 e. The molecule has 1 atom stereocenters. The maximum absolute atomic E-state index is 11.8. The third-order valence-corrected chi connectivity index (χ3v) is 5.72. The van der Waals surface area contributed by atoms with Crippen LogP contribution in [0.15, 0.2) is 65.6 Å². The van der Waals surface area contributed by atoms with Crippen molar-refractivity contribution in [3.05, 3.63) is 71.9 Å². The molecule has 1 aromatic heterocycles. The highest BCUT2D eigenvalue weighted by molar-refractivity contribution is 7.98. The number of hydrogen-bond acceptors (Lipinski definition) is 4. The SMILES string of the molecule is CSc1ccc(-c2cc(CCNC(=O)C(N)CO)c(C)n2-c2ccccc2)cc1. The van der Waals surface area contributed by atoms with Crippen LogP contribution in [0.4, 0.5) is 0 Å². The maximum atomic E-state index is 11.8. The van der Waals surface area contributed by atoms with E-state index in [1.54, 1.807) is 11.8 Å². The fourth-order valence-corrected chi connectivity index (χ4v) is 3.74. The van der Waals surface area contributed by atoms with E-state index in [-0.39, 0.29) is 12.5 Å². The normalized spacial score (nSPS) is 12.0. The van der Waals surface area contributed by atoms with Crippen LogP contribution in [0.5, 0.6) is 0 Å². The first-order valence-corrected chi connectivity index (χ1v) is 10.8. The van der Waals surface area contributed by atoms with Crippen LogP contribution in [-0.4, -0.2) is 41.0 Å². The van der Waals surface area contributed by atoms with Gasteiger partial charge in [-0.2, -0.15) is 0 Å². The quantitative estimate of drug-likeness (QED) is 0.499. The molecule has 0 fully saturated rings. The number of rotatable bonds is 8. The van der Waals surface area contributed by atoms with Gasteiger partial charge in [0, 0.05) is 22.8 Å². The molecule has 3 aromatic rings. The number of benzene rings is 2. The number of aliphatic hydroxyl groups excluding tert-OH is 1. The van der Waals surface area contributed by atoms with Crippen molar-refractivity contribution in [2.24, 2.45) is 5.73 Å². The molecule has 1 amide bonds. The Hall–Kier alpha value is -2.54. The third-order valence-electron chi connectivity index (χ3n) is 4.98. The summed E-state index contributed by atoms with van der Waals surface area (Å²) < 4.78 is 2.25. The Labute approximate surface area is 175 Å². The average Bonchev–Trinajstić information content (AvgIpc) is 3.09. The third kappa shape index (κ3) is 4.90. The zero-order valence-electron chi connectivity index (χ0n) is 16.8.